The van der Waals surface area contributed by atoms with Crippen LogP contribution in [0.1, 0.15) is 12.0 Å². The van der Waals surface area contributed by atoms with E-state index in [2.05, 4.69) is 0 Å². The average molecular weight is 456 g/mol. The predicted molar refractivity (Wildman–Crippen MR) is 119 cm³/mol. The summed E-state index contributed by atoms with van der Waals surface area (Å²) >= 11 is 6.51. The molecule has 1 fully saturated rings. The number of hydrogen-bond donors (Lipinski definition) is 1. The molecule has 0 aromatic heterocycles. The summed E-state index contributed by atoms with van der Waals surface area (Å²) in [6.07, 6.45) is 1.80. The largest absolute Gasteiger partial charge is 0.493 e. The van der Waals surface area contributed by atoms with E-state index in [9.17, 15) is 9.59 Å². The first-order valence-electron chi connectivity index (χ1n) is 9.30. The van der Waals surface area contributed by atoms with Crippen molar-refractivity contribution in [3.8, 4) is 17.2 Å². The molecule has 164 valence electrons. The minimum atomic E-state index is -0.348. The second-order valence-corrected chi connectivity index (χ2v) is 8.40. The Morgan fingerprint density at radius 2 is 1.80 bits per heavy atom. The number of methoxy groups -OCH3 is 3. The number of rotatable bonds is 10. The Morgan fingerprint density at radius 1 is 1.17 bits per heavy atom. The molecule has 1 amide bonds. The first kappa shape index (κ1) is 24.0. The van der Waals surface area contributed by atoms with E-state index >= 15 is 0 Å². The molecule has 1 aliphatic heterocycles. The number of ether oxygens (including phenoxy) is 4. The average Bonchev–Trinajstić information content (AvgIpc) is 2.97. The Bertz CT molecular complexity index is 816. The first-order valence-corrected chi connectivity index (χ1v) is 10.5. The van der Waals surface area contributed by atoms with Crippen molar-refractivity contribution in [2.24, 2.45) is 0 Å². The van der Waals surface area contributed by atoms with Crippen LogP contribution in [0.4, 0.5) is 0 Å². The topological polar surface area (TPSA) is 78.7 Å². The highest BCUT2D eigenvalue weighted by Crippen LogP contribution is 2.40. The summed E-state index contributed by atoms with van der Waals surface area (Å²) in [5.74, 6) is 0.851. The lowest BCUT2D eigenvalue weighted by Gasteiger charge is -2.14. The molecule has 1 saturated heterocycles. The van der Waals surface area contributed by atoms with Gasteiger partial charge in [0.05, 0.1) is 46.8 Å². The summed E-state index contributed by atoms with van der Waals surface area (Å²) in [5.41, 5.74) is 0.704. The third-order valence-corrected chi connectivity index (χ3v) is 5.64. The molecular weight excluding hydrogens is 428 g/mol. The first-order chi connectivity index (χ1) is 14.3. The van der Waals surface area contributed by atoms with Crippen molar-refractivity contribution in [3.63, 3.8) is 0 Å². The molecule has 0 unspecified atom stereocenters. The second-order valence-electron chi connectivity index (χ2n) is 6.72. The van der Waals surface area contributed by atoms with Crippen LogP contribution in [0.15, 0.2) is 17.0 Å². The maximum absolute atomic E-state index is 12.8. The van der Waals surface area contributed by atoms with Crippen LogP contribution in [0.5, 0.6) is 17.2 Å². The quantitative estimate of drug-likeness (QED) is 0.318. The number of carbonyl (C=O) groups is 2. The summed E-state index contributed by atoms with van der Waals surface area (Å²) in [5, 5.41) is 0. The monoisotopic (exact) mass is 455 g/mol. The van der Waals surface area contributed by atoms with Crippen LogP contribution in [0, 0.1) is 0 Å². The van der Waals surface area contributed by atoms with E-state index in [1.165, 1.54) is 42.9 Å². The van der Waals surface area contributed by atoms with Gasteiger partial charge < -0.3 is 23.8 Å². The van der Waals surface area contributed by atoms with Crippen LogP contribution >= 0.6 is 24.0 Å². The standard InChI is InChI=1S/C20H26N2O6S2/c1-21(2)8-9-28-17(23)6-7-22-19(24)16(30-20(22)29)12-13-10-14(25-3)18(27-5)15(11-13)26-4/h10-12H,6-9H2,1-5H3/p+1/b16-12+. The molecule has 0 bridgehead atoms. The van der Waals surface area contributed by atoms with E-state index in [0.717, 1.165) is 6.54 Å². The molecule has 0 saturated carbocycles. The number of nitrogens with one attached hydrogen (secondary N) is 1. The van der Waals surface area contributed by atoms with Crippen molar-refractivity contribution in [2.45, 2.75) is 6.42 Å². The highest BCUT2D eigenvalue weighted by molar-refractivity contribution is 8.26. The van der Waals surface area contributed by atoms with Gasteiger partial charge >= 0.3 is 5.97 Å². The number of carbonyl (C=O) groups excluding carboxylic acids is 2. The van der Waals surface area contributed by atoms with Gasteiger partial charge in [-0.1, -0.05) is 24.0 Å². The molecule has 0 radical (unpaired) electrons. The summed E-state index contributed by atoms with van der Waals surface area (Å²) < 4.78 is 21.6. The number of thioether (sulfide) groups is 1. The maximum atomic E-state index is 12.8. The Labute approximate surface area is 186 Å². The van der Waals surface area contributed by atoms with Crippen LogP contribution < -0.4 is 19.1 Å². The fourth-order valence-electron chi connectivity index (χ4n) is 2.67. The fraction of sp³-hybridized carbons (Fsp3) is 0.450. The van der Waals surface area contributed by atoms with Gasteiger partial charge in [-0.2, -0.15) is 0 Å². The molecule has 8 nitrogen and oxygen atoms in total. The van der Waals surface area contributed by atoms with Crippen molar-refractivity contribution in [1.29, 1.82) is 0 Å². The van der Waals surface area contributed by atoms with Crippen LogP contribution in [0.3, 0.4) is 0 Å². The van der Waals surface area contributed by atoms with Crippen LogP contribution in [0.2, 0.25) is 0 Å². The molecule has 0 atom stereocenters. The highest BCUT2D eigenvalue weighted by Gasteiger charge is 2.32. The van der Waals surface area contributed by atoms with Crippen molar-refractivity contribution in [3.05, 3.63) is 22.6 Å². The number of quaternary nitrogens is 1. The molecule has 1 N–H and O–H groups in total. The molecule has 1 aromatic carbocycles. The lowest BCUT2D eigenvalue weighted by Crippen LogP contribution is -3.06. The van der Waals surface area contributed by atoms with Gasteiger partial charge in [0.15, 0.2) is 11.5 Å². The van der Waals surface area contributed by atoms with Crippen LogP contribution in [0.25, 0.3) is 6.08 Å². The van der Waals surface area contributed by atoms with Gasteiger partial charge in [-0.25, -0.2) is 0 Å². The minimum Gasteiger partial charge on any atom is -0.493 e. The molecular formula is C20H27N2O6S2+. The second kappa shape index (κ2) is 11.2. The van der Waals surface area contributed by atoms with Gasteiger partial charge in [-0.3, -0.25) is 14.5 Å². The normalized spacial score (nSPS) is 15.1. The van der Waals surface area contributed by atoms with Gasteiger partial charge in [0.25, 0.3) is 5.91 Å². The Kier molecular flexibility index (Phi) is 8.94. The lowest BCUT2D eigenvalue weighted by molar-refractivity contribution is -0.858. The van der Waals surface area contributed by atoms with E-state index in [1.54, 1.807) is 18.2 Å². The van der Waals surface area contributed by atoms with Gasteiger partial charge in [0, 0.05) is 6.54 Å². The molecule has 0 aliphatic carbocycles. The third-order valence-electron chi connectivity index (χ3n) is 4.26. The van der Waals surface area contributed by atoms with Crippen molar-refractivity contribution >= 4 is 46.3 Å². The third kappa shape index (κ3) is 6.10. The van der Waals surface area contributed by atoms with Gasteiger partial charge in [-0.05, 0) is 23.8 Å². The predicted octanol–water partition coefficient (Wildman–Crippen LogP) is 0.991. The highest BCUT2D eigenvalue weighted by atomic mass is 32.2. The van der Waals surface area contributed by atoms with Crippen molar-refractivity contribution in [2.75, 3.05) is 55.1 Å². The molecule has 10 heteroatoms. The number of thiocarbonyl (C=S) groups is 1. The summed E-state index contributed by atoms with van der Waals surface area (Å²) in [6.45, 7) is 1.26. The Morgan fingerprint density at radius 3 is 2.33 bits per heavy atom. The number of esters is 1. The molecule has 0 spiro atoms. The zero-order valence-electron chi connectivity index (χ0n) is 17.8. The van der Waals surface area contributed by atoms with Gasteiger partial charge in [0.1, 0.15) is 17.5 Å². The lowest BCUT2D eigenvalue weighted by atomic mass is 10.1. The van der Waals surface area contributed by atoms with Crippen molar-refractivity contribution in [1.82, 2.24) is 4.90 Å². The van der Waals surface area contributed by atoms with E-state index in [-0.39, 0.29) is 24.8 Å². The molecule has 1 aromatic rings. The van der Waals surface area contributed by atoms with E-state index in [1.807, 2.05) is 14.1 Å². The van der Waals surface area contributed by atoms with E-state index in [0.29, 0.717) is 38.6 Å². The molecule has 1 heterocycles. The minimum absolute atomic E-state index is 0.0899. The zero-order valence-corrected chi connectivity index (χ0v) is 19.4. The van der Waals surface area contributed by atoms with E-state index < -0.39 is 0 Å². The molecule has 30 heavy (non-hydrogen) atoms. The van der Waals surface area contributed by atoms with Crippen molar-refractivity contribution < 1.29 is 33.4 Å². The zero-order chi connectivity index (χ0) is 22.3. The Hall–Kier alpha value is -2.30. The number of benzene rings is 1. The molecule has 1 aliphatic rings. The fourth-order valence-corrected chi connectivity index (χ4v) is 3.98. The molecule has 2 rings (SSSR count). The van der Waals surface area contributed by atoms with Gasteiger partial charge in [0.2, 0.25) is 5.75 Å². The van der Waals surface area contributed by atoms with Crippen LogP contribution in [-0.2, 0) is 14.3 Å². The number of amides is 1. The summed E-state index contributed by atoms with van der Waals surface area (Å²) in [6, 6.07) is 3.50. The van der Waals surface area contributed by atoms with Gasteiger partial charge in [-0.15, -0.1) is 0 Å². The number of nitrogens with zero attached hydrogens (tertiary/aromatic N) is 1. The summed E-state index contributed by atoms with van der Waals surface area (Å²) in [7, 11) is 8.54. The van der Waals surface area contributed by atoms with Crippen LogP contribution in [-0.4, -0.2) is 76.2 Å². The number of hydrogen-bond acceptors (Lipinski definition) is 8. The number of likely N-dealkylation sites (N-methyl/N-ethyl adjacent to an activating group) is 1. The summed E-state index contributed by atoms with van der Waals surface area (Å²) in [4.78, 5) is 27.7. The smallest absolute Gasteiger partial charge is 0.307 e. The maximum Gasteiger partial charge on any atom is 0.307 e. The van der Waals surface area contributed by atoms with E-state index in [4.69, 9.17) is 31.2 Å². The SMILES string of the molecule is COc1cc(/C=C2/SC(=S)N(CCC(=O)OCC[NH+](C)C)C2=O)cc(OC)c1OC. The Balaban J connectivity index is 2.09.